The molecular formula is C15H26O. The van der Waals surface area contributed by atoms with E-state index >= 15 is 0 Å². The van der Waals surface area contributed by atoms with Crippen LogP contribution < -0.4 is 0 Å². The topological polar surface area (TPSA) is 9.23 Å². The standard InChI is InChI=1S/C15H26O/c1-11(2)15(6)14(5)10-8-7-9-12(14)13(3,4)16-15/h7-8,11-12H,9-10H2,1-6H3. The highest BCUT2D eigenvalue weighted by Gasteiger charge is 2.63. The van der Waals surface area contributed by atoms with Gasteiger partial charge >= 0.3 is 0 Å². The molecule has 0 N–H and O–H groups in total. The Labute approximate surface area is 100 Å². The van der Waals surface area contributed by atoms with E-state index in [0.717, 1.165) is 6.42 Å². The Bertz CT molecular complexity index is 315. The highest BCUT2D eigenvalue weighted by atomic mass is 16.5. The first-order valence-corrected chi connectivity index (χ1v) is 6.59. The number of allylic oxidation sites excluding steroid dienone is 2. The Balaban J connectivity index is 2.48. The molecule has 1 aliphatic heterocycles. The van der Waals surface area contributed by atoms with Gasteiger partial charge in [0.25, 0.3) is 0 Å². The van der Waals surface area contributed by atoms with Gasteiger partial charge in [-0.15, -0.1) is 0 Å². The van der Waals surface area contributed by atoms with Gasteiger partial charge in [0, 0.05) is 5.41 Å². The zero-order valence-electron chi connectivity index (χ0n) is 11.6. The van der Waals surface area contributed by atoms with Crippen LogP contribution in [0.1, 0.15) is 54.4 Å². The number of ether oxygens (including phenoxy) is 1. The minimum Gasteiger partial charge on any atom is -0.368 e. The van der Waals surface area contributed by atoms with Crippen molar-refractivity contribution in [3.63, 3.8) is 0 Å². The minimum absolute atomic E-state index is 0.00588. The summed E-state index contributed by atoms with van der Waals surface area (Å²) in [5, 5.41) is 0. The molecule has 0 amide bonds. The van der Waals surface area contributed by atoms with Crippen molar-refractivity contribution in [1.29, 1.82) is 0 Å². The third-order valence-electron chi connectivity index (χ3n) is 5.40. The van der Waals surface area contributed by atoms with Crippen molar-refractivity contribution in [2.24, 2.45) is 17.3 Å². The van der Waals surface area contributed by atoms with Crippen molar-refractivity contribution < 1.29 is 4.74 Å². The molecule has 2 aliphatic rings. The predicted octanol–water partition coefficient (Wildman–Crippen LogP) is 4.18. The molecule has 0 radical (unpaired) electrons. The summed E-state index contributed by atoms with van der Waals surface area (Å²) in [6, 6.07) is 0. The molecule has 2 rings (SSSR count). The molecule has 92 valence electrons. The van der Waals surface area contributed by atoms with Crippen LogP contribution in [0.5, 0.6) is 0 Å². The molecular weight excluding hydrogens is 196 g/mol. The van der Waals surface area contributed by atoms with Crippen molar-refractivity contribution in [2.75, 3.05) is 0 Å². The third-order valence-corrected chi connectivity index (χ3v) is 5.40. The van der Waals surface area contributed by atoms with E-state index in [0.29, 0.717) is 17.3 Å². The number of hydrogen-bond acceptors (Lipinski definition) is 1. The van der Waals surface area contributed by atoms with Crippen LogP contribution in [0.2, 0.25) is 0 Å². The maximum absolute atomic E-state index is 6.51. The van der Waals surface area contributed by atoms with Crippen molar-refractivity contribution in [2.45, 2.75) is 65.6 Å². The summed E-state index contributed by atoms with van der Waals surface area (Å²) in [6.45, 7) is 13.9. The van der Waals surface area contributed by atoms with Crippen molar-refractivity contribution >= 4 is 0 Å². The zero-order chi connectivity index (χ0) is 12.2. The van der Waals surface area contributed by atoms with Gasteiger partial charge in [0.2, 0.25) is 0 Å². The molecule has 3 unspecified atom stereocenters. The van der Waals surface area contributed by atoms with Gasteiger partial charge in [-0.25, -0.2) is 0 Å². The maximum Gasteiger partial charge on any atom is 0.0744 e. The molecule has 1 heteroatoms. The molecule has 0 aromatic carbocycles. The van der Waals surface area contributed by atoms with Gasteiger partial charge in [0.1, 0.15) is 0 Å². The van der Waals surface area contributed by atoms with E-state index in [-0.39, 0.29) is 11.2 Å². The Morgan fingerprint density at radius 1 is 1.12 bits per heavy atom. The highest BCUT2D eigenvalue weighted by molar-refractivity contribution is 5.17. The van der Waals surface area contributed by atoms with Gasteiger partial charge in [-0.3, -0.25) is 0 Å². The van der Waals surface area contributed by atoms with Crippen LogP contribution in [-0.4, -0.2) is 11.2 Å². The molecule has 1 fully saturated rings. The molecule has 0 bridgehead atoms. The SMILES string of the molecule is CC(C)C1(C)OC(C)(C)C2CC=CCC21C. The maximum atomic E-state index is 6.51. The first-order valence-electron chi connectivity index (χ1n) is 6.59. The largest absolute Gasteiger partial charge is 0.368 e. The molecule has 1 nitrogen and oxygen atoms in total. The summed E-state index contributed by atoms with van der Waals surface area (Å²) in [5.41, 5.74) is 0.309. The fourth-order valence-corrected chi connectivity index (χ4v) is 4.07. The van der Waals surface area contributed by atoms with Gasteiger partial charge in [-0.2, -0.15) is 0 Å². The Kier molecular flexibility index (Phi) is 2.55. The average molecular weight is 222 g/mol. The van der Waals surface area contributed by atoms with Crippen LogP contribution in [0.3, 0.4) is 0 Å². The first-order chi connectivity index (χ1) is 7.24. The lowest BCUT2D eigenvalue weighted by Gasteiger charge is -2.46. The average Bonchev–Trinajstić information content (AvgIpc) is 2.32. The summed E-state index contributed by atoms with van der Waals surface area (Å²) in [5.74, 6) is 1.21. The monoisotopic (exact) mass is 222 g/mol. The first kappa shape index (κ1) is 12.2. The lowest BCUT2D eigenvalue weighted by atomic mass is 9.57. The van der Waals surface area contributed by atoms with Gasteiger partial charge in [-0.1, -0.05) is 32.9 Å². The number of fused-ring (bicyclic) bond motifs is 1. The molecule has 1 heterocycles. The highest BCUT2D eigenvalue weighted by Crippen LogP contribution is 2.62. The molecule has 16 heavy (non-hydrogen) atoms. The molecule has 0 aromatic rings. The van der Waals surface area contributed by atoms with Crippen LogP contribution in [0.15, 0.2) is 12.2 Å². The summed E-state index contributed by atoms with van der Waals surface area (Å²) in [7, 11) is 0. The van der Waals surface area contributed by atoms with E-state index in [4.69, 9.17) is 4.74 Å². The minimum atomic E-state index is 0.00588. The third kappa shape index (κ3) is 1.33. The molecule has 1 saturated heterocycles. The zero-order valence-corrected chi connectivity index (χ0v) is 11.6. The second kappa shape index (κ2) is 3.35. The van der Waals surface area contributed by atoms with E-state index in [1.54, 1.807) is 0 Å². The van der Waals surface area contributed by atoms with Crippen LogP contribution in [0.25, 0.3) is 0 Å². The quantitative estimate of drug-likeness (QED) is 0.605. The van der Waals surface area contributed by atoms with Gasteiger partial charge in [-0.05, 0) is 45.4 Å². The summed E-state index contributed by atoms with van der Waals surface area (Å²) in [4.78, 5) is 0. The summed E-state index contributed by atoms with van der Waals surface area (Å²) < 4.78 is 6.51. The lowest BCUT2D eigenvalue weighted by Crippen LogP contribution is -2.48. The normalized spacial score (nSPS) is 46.1. The van der Waals surface area contributed by atoms with Crippen LogP contribution in [0, 0.1) is 17.3 Å². The number of rotatable bonds is 1. The van der Waals surface area contributed by atoms with Crippen molar-refractivity contribution in [1.82, 2.24) is 0 Å². The summed E-state index contributed by atoms with van der Waals surface area (Å²) in [6.07, 6.45) is 7.02. The van der Waals surface area contributed by atoms with Crippen LogP contribution >= 0.6 is 0 Å². The second-order valence-electron chi connectivity index (χ2n) is 6.85. The molecule has 0 saturated carbocycles. The predicted molar refractivity (Wildman–Crippen MR) is 68.4 cm³/mol. The van der Waals surface area contributed by atoms with Gasteiger partial charge in [0.15, 0.2) is 0 Å². The van der Waals surface area contributed by atoms with Crippen LogP contribution in [0.4, 0.5) is 0 Å². The van der Waals surface area contributed by atoms with Crippen molar-refractivity contribution in [3.05, 3.63) is 12.2 Å². The Morgan fingerprint density at radius 2 is 1.75 bits per heavy atom. The Morgan fingerprint density at radius 3 is 2.31 bits per heavy atom. The van der Waals surface area contributed by atoms with E-state index in [2.05, 4.69) is 53.7 Å². The van der Waals surface area contributed by atoms with E-state index in [1.807, 2.05) is 0 Å². The molecule has 0 aromatic heterocycles. The van der Waals surface area contributed by atoms with Crippen molar-refractivity contribution in [3.8, 4) is 0 Å². The summed E-state index contributed by atoms with van der Waals surface area (Å²) >= 11 is 0. The number of hydrogen-bond donors (Lipinski definition) is 0. The molecule has 3 atom stereocenters. The fraction of sp³-hybridized carbons (Fsp3) is 0.867. The fourth-order valence-electron chi connectivity index (χ4n) is 4.07. The van der Waals surface area contributed by atoms with Crippen LogP contribution in [-0.2, 0) is 4.74 Å². The van der Waals surface area contributed by atoms with Gasteiger partial charge in [0.05, 0.1) is 11.2 Å². The molecule has 0 spiro atoms. The second-order valence-corrected chi connectivity index (χ2v) is 6.85. The van der Waals surface area contributed by atoms with E-state index in [9.17, 15) is 0 Å². The molecule has 1 aliphatic carbocycles. The lowest BCUT2D eigenvalue weighted by molar-refractivity contribution is -0.129. The Hall–Kier alpha value is -0.300. The van der Waals surface area contributed by atoms with E-state index < -0.39 is 0 Å². The van der Waals surface area contributed by atoms with E-state index in [1.165, 1.54) is 6.42 Å². The van der Waals surface area contributed by atoms with Gasteiger partial charge < -0.3 is 4.74 Å². The smallest absolute Gasteiger partial charge is 0.0744 e.